The third-order valence-electron chi connectivity index (χ3n) is 3.54. The molecule has 0 aromatic heterocycles. The van der Waals surface area contributed by atoms with Gasteiger partial charge in [0.15, 0.2) is 0 Å². The number of piperidine rings is 1. The summed E-state index contributed by atoms with van der Waals surface area (Å²) in [7, 11) is 0. The normalized spacial score (nSPS) is 20.9. The molecule has 1 saturated heterocycles. The van der Waals surface area contributed by atoms with Crippen molar-refractivity contribution < 1.29 is 4.79 Å². The Morgan fingerprint density at radius 2 is 2.06 bits per heavy atom. The van der Waals surface area contributed by atoms with Gasteiger partial charge >= 0.3 is 0 Å². The number of allylic oxidation sites excluding steroid dienone is 1. The number of likely N-dealkylation sites (tertiary alicyclic amines) is 1. The summed E-state index contributed by atoms with van der Waals surface area (Å²) in [6, 6.07) is 10.1. The van der Waals surface area contributed by atoms with E-state index in [4.69, 9.17) is 0 Å². The van der Waals surface area contributed by atoms with Gasteiger partial charge in [0.25, 0.3) is 0 Å². The third kappa shape index (κ3) is 3.22. The molecular formula is C16H21NO. The Kier molecular flexibility index (Phi) is 4.19. The Bertz CT molecular complexity index is 436. The van der Waals surface area contributed by atoms with E-state index in [1.165, 1.54) is 6.42 Å². The summed E-state index contributed by atoms with van der Waals surface area (Å²) in [5.41, 5.74) is 2.16. The maximum absolute atomic E-state index is 12.2. The average Bonchev–Trinajstić information content (AvgIpc) is 2.39. The predicted octanol–water partition coefficient (Wildman–Crippen LogP) is 3.35. The van der Waals surface area contributed by atoms with Gasteiger partial charge in [0.05, 0.1) is 0 Å². The van der Waals surface area contributed by atoms with Gasteiger partial charge in [0.2, 0.25) is 5.91 Å². The first kappa shape index (κ1) is 12.9. The van der Waals surface area contributed by atoms with Crippen LogP contribution in [0.15, 0.2) is 36.4 Å². The van der Waals surface area contributed by atoms with E-state index < -0.39 is 0 Å². The van der Waals surface area contributed by atoms with E-state index in [9.17, 15) is 4.79 Å². The van der Waals surface area contributed by atoms with Crippen molar-refractivity contribution >= 4 is 11.5 Å². The number of amides is 1. The van der Waals surface area contributed by atoms with Gasteiger partial charge in [-0.1, -0.05) is 37.3 Å². The highest BCUT2D eigenvalue weighted by atomic mass is 16.2. The van der Waals surface area contributed by atoms with Gasteiger partial charge in [-0.05, 0) is 36.8 Å². The van der Waals surface area contributed by atoms with E-state index in [2.05, 4.69) is 6.92 Å². The van der Waals surface area contributed by atoms with Crippen molar-refractivity contribution in [3.63, 3.8) is 0 Å². The lowest BCUT2D eigenvalue weighted by Gasteiger charge is -2.30. The molecule has 18 heavy (non-hydrogen) atoms. The molecule has 0 radical (unpaired) electrons. The molecule has 0 saturated carbocycles. The molecule has 2 heteroatoms. The van der Waals surface area contributed by atoms with E-state index in [0.29, 0.717) is 5.92 Å². The topological polar surface area (TPSA) is 20.3 Å². The Morgan fingerprint density at radius 1 is 1.33 bits per heavy atom. The fourth-order valence-electron chi connectivity index (χ4n) is 2.45. The molecule has 0 spiro atoms. The number of carbonyl (C=O) groups is 1. The zero-order chi connectivity index (χ0) is 13.0. The number of hydrogen-bond donors (Lipinski definition) is 0. The Hall–Kier alpha value is -1.57. The lowest BCUT2D eigenvalue weighted by Crippen LogP contribution is -2.38. The zero-order valence-electron chi connectivity index (χ0n) is 11.2. The Balaban J connectivity index is 2.06. The number of carbonyl (C=O) groups excluding carboxylic acids is 1. The molecule has 0 N–H and O–H groups in total. The van der Waals surface area contributed by atoms with Gasteiger partial charge in [0.1, 0.15) is 0 Å². The van der Waals surface area contributed by atoms with Crippen LogP contribution in [-0.4, -0.2) is 23.9 Å². The molecule has 1 aliphatic heterocycles. The molecule has 0 aliphatic carbocycles. The quantitative estimate of drug-likeness (QED) is 0.729. The van der Waals surface area contributed by atoms with Crippen LogP contribution in [-0.2, 0) is 4.79 Å². The van der Waals surface area contributed by atoms with Crippen molar-refractivity contribution in [3.05, 3.63) is 42.0 Å². The predicted molar refractivity (Wildman–Crippen MR) is 75.1 cm³/mol. The highest BCUT2D eigenvalue weighted by Gasteiger charge is 2.19. The minimum atomic E-state index is 0.155. The van der Waals surface area contributed by atoms with E-state index in [1.807, 2.05) is 42.2 Å². The van der Waals surface area contributed by atoms with Crippen molar-refractivity contribution in [3.8, 4) is 0 Å². The molecule has 1 atom stereocenters. The molecule has 1 heterocycles. The third-order valence-corrected chi connectivity index (χ3v) is 3.54. The molecule has 1 aliphatic rings. The van der Waals surface area contributed by atoms with Gasteiger partial charge < -0.3 is 4.90 Å². The van der Waals surface area contributed by atoms with E-state index >= 15 is 0 Å². The molecule has 2 rings (SSSR count). The molecule has 1 amide bonds. The van der Waals surface area contributed by atoms with Crippen molar-refractivity contribution in [1.82, 2.24) is 4.90 Å². The van der Waals surface area contributed by atoms with Crippen LogP contribution in [0.2, 0.25) is 0 Å². The second kappa shape index (κ2) is 5.85. The number of hydrogen-bond acceptors (Lipinski definition) is 1. The molecule has 2 nitrogen and oxygen atoms in total. The molecule has 1 aromatic rings. The summed E-state index contributed by atoms with van der Waals surface area (Å²) in [6.45, 7) is 6.02. The monoisotopic (exact) mass is 243 g/mol. The smallest absolute Gasteiger partial charge is 0.246 e. The molecule has 1 fully saturated rings. The van der Waals surface area contributed by atoms with E-state index in [0.717, 1.165) is 30.6 Å². The molecule has 0 bridgehead atoms. The molecule has 1 unspecified atom stereocenters. The summed E-state index contributed by atoms with van der Waals surface area (Å²) in [4.78, 5) is 14.1. The second-order valence-corrected chi connectivity index (χ2v) is 5.23. The van der Waals surface area contributed by atoms with Crippen LogP contribution >= 0.6 is 0 Å². The van der Waals surface area contributed by atoms with Crippen LogP contribution in [0.5, 0.6) is 0 Å². The number of nitrogens with zero attached hydrogens (tertiary/aromatic N) is 1. The van der Waals surface area contributed by atoms with Crippen molar-refractivity contribution in [1.29, 1.82) is 0 Å². The summed E-state index contributed by atoms with van der Waals surface area (Å²) < 4.78 is 0. The number of rotatable bonds is 2. The Labute approximate surface area is 109 Å². The van der Waals surface area contributed by atoms with Gasteiger partial charge in [-0.15, -0.1) is 0 Å². The van der Waals surface area contributed by atoms with Crippen LogP contribution in [0.3, 0.4) is 0 Å². The first-order valence-electron chi connectivity index (χ1n) is 6.69. The minimum absolute atomic E-state index is 0.155. The molecule has 96 valence electrons. The minimum Gasteiger partial charge on any atom is -0.339 e. The van der Waals surface area contributed by atoms with Crippen molar-refractivity contribution in [2.24, 2.45) is 5.92 Å². The maximum atomic E-state index is 12.2. The second-order valence-electron chi connectivity index (χ2n) is 5.23. The van der Waals surface area contributed by atoms with E-state index in [1.54, 1.807) is 6.08 Å². The maximum Gasteiger partial charge on any atom is 0.246 e. The van der Waals surface area contributed by atoms with Crippen LogP contribution in [0.1, 0.15) is 32.3 Å². The van der Waals surface area contributed by atoms with Crippen LogP contribution in [0, 0.1) is 5.92 Å². The first-order chi connectivity index (χ1) is 8.66. The summed E-state index contributed by atoms with van der Waals surface area (Å²) in [6.07, 6.45) is 4.14. The highest BCUT2D eigenvalue weighted by Crippen LogP contribution is 2.18. The number of benzene rings is 1. The summed E-state index contributed by atoms with van der Waals surface area (Å²) >= 11 is 0. The highest BCUT2D eigenvalue weighted by molar-refractivity contribution is 5.94. The van der Waals surface area contributed by atoms with Gasteiger partial charge in [-0.2, -0.15) is 0 Å². The first-order valence-corrected chi connectivity index (χ1v) is 6.69. The largest absolute Gasteiger partial charge is 0.339 e. The Morgan fingerprint density at radius 3 is 2.72 bits per heavy atom. The zero-order valence-corrected chi connectivity index (χ0v) is 11.2. The van der Waals surface area contributed by atoms with Crippen LogP contribution < -0.4 is 0 Å². The SMILES string of the molecule is C/C(=C\C(=O)N1CCCC(C)C1)c1ccccc1. The van der Waals surface area contributed by atoms with Crippen molar-refractivity contribution in [2.45, 2.75) is 26.7 Å². The van der Waals surface area contributed by atoms with E-state index in [-0.39, 0.29) is 5.91 Å². The van der Waals surface area contributed by atoms with Gasteiger partial charge in [-0.25, -0.2) is 0 Å². The van der Waals surface area contributed by atoms with Gasteiger partial charge in [-0.3, -0.25) is 4.79 Å². The van der Waals surface area contributed by atoms with Crippen LogP contribution in [0.25, 0.3) is 5.57 Å². The van der Waals surface area contributed by atoms with Crippen molar-refractivity contribution in [2.75, 3.05) is 13.1 Å². The summed E-state index contributed by atoms with van der Waals surface area (Å²) in [5, 5.41) is 0. The molecule has 1 aromatic carbocycles. The summed E-state index contributed by atoms with van der Waals surface area (Å²) in [5.74, 6) is 0.788. The van der Waals surface area contributed by atoms with Crippen LogP contribution in [0.4, 0.5) is 0 Å². The van der Waals surface area contributed by atoms with Gasteiger partial charge in [0, 0.05) is 19.2 Å². The average molecular weight is 243 g/mol. The lowest BCUT2D eigenvalue weighted by atomic mass is 10.00. The lowest BCUT2D eigenvalue weighted by molar-refractivity contribution is -0.127. The molecular weight excluding hydrogens is 222 g/mol. The fourth-order valence-corrected chi connectivity index (χ4v) is 2.45. The fraction of sp³-hybridized carbons (Fsp3) is 0.438. The standard InChI is InChI=1S/C16H21NO/c1-13-7-6-10-17(12-13)16(18)11-14(2)15-8-4-3-5-9-15/h3-5,8-9,11,13H,6-7,10,12H2,1-2H3/b14-11+.